The highest BCUT2D eigenvalue weighted by Gasteiger charge is 2.39. The van der Waals surface area contributed by atoms with E-state index in [0.717, 1.165) is 5.92 Å². The zero-order valence-electron chi connectivity index (χ0n) is 7.51. The van der Waals surface area contributed by atoms with Gasteiger partial charge in [-0.1, -0.05) is 36.5 Å². The topological polar surface area (TPSA) is 20.2 Å². The molecule has 0 saturated carbocycles. The average Bonchev–Trinajstić information content (AvgIpc) is 2.52. The van der Waals surface area contributed by atoms with Crippen LogP contribution in [0.3, 0.4) is 0 Å². The van der Waals surface area contributed by atoms with E-state index in [1.54, 1.807) is 0 Å². The number of aliphatic hydroxyl groups is 1. The Kier molecular flexibility index (Phi) is 1.50. The van der Waals surface area contributed by atoms with Crippen LogP contribution in [0.2, 0.25) is 0 Å². The fourth-order valence-corrected chi connectivity index (χ4v) is 2.97. The summed E-state index contributed by atoms with van der Waals surface area (Å²) < 4.78 is 0. The van der Waals surface area contributed by atoms with Crippen LogP contribution in [-0.4, -0.2) is 11.2 Å². The van der Waals surface area contributed by atoms with E-state index in [4.69, 9.17) is 0 Å². The second kappa shape index (κ2) is 2.58. The molecule has 0 aromatic heterocycles. The average molecular weight is 174 g/mol. The summed E-state index contributed by atoms with van der Waals surface area (Å²) in [6.07, 6.45) is 14.1. The molecule has 4 aliphatic carbocycles. The molecule has 0 radical (unpaired) electrons. The number of hydrogen-bond acceptors (Lipinski definition) is 1. The molecule has 0 spiro atoms. The van der Waals surface area contributed by atoms with E-state index in [0.29, 0.717) is 17.8 Å². The molecule has 0 aromatic rings. The number of hydrogen-bond donors (Lipinski definition) is 1. The lowest BCUT2D eigenvalue weighted by molar-refractivity contribution is 0.132. The number of fused-ring (bicyclic) bond motifs is 1. The van der Waals surface area contributed by atoms with Crippen molar-refractivity contribution in [1.82, 2.24) is 0 Å². The Bertz CT molecular complexity index is 300. The van der Waals surface area contributed by atoms with E-state index in [-0.39, 0.29) is 6.10 Å². The molecule has 0 aliphatic heterocycles. The molecule has 0 heterocycles. The summed E-state index contributed by atoms with van der Waals surface area (Å²) in [6.45, 7) is 0. The molecule has 0 saturated heterocycles. The fourth-order valence-electron chi connectivity index (χ4n) is 2.97. The van der Waals surface area contributed by atoms with Crippen molar-refractivity contribution in [3.05, 3.63) is 36.5 Å². The molecule has 1 nitrogen and oxygen atoms in total. The zero-order valence-corrected chi connectivity index (χ0v) is 7.51. The van der Waals surface area contributed by atoms with Gasteiger partial charge in [-0.3, -0.25) is 0 Å². The van der Waals surface area contributed by atoms with Crippen molar-refractivity contribution in [2.24, 2.45) is 23.7 Å². The summed E-state index contributed by atoms with van der Waals surface area (Å²) in [5, 5.41) is 9.85. The van der Waals surface area contributed by atoms with Gasteiger partial charge < -0.3 is 5.11 Å². The molecule has 5 unspecified atom stereocenters. The lowest BCUT2D eigenvalue weighted by atomic mass is 9.73. The van der Waals surface area contributed by atoms with Crippen LogP contribution in [0, 0.1) is 23.7 Å². The lowest BCUT2D eigenvalue weighted by Crippen LogP contribution is -2.30. The van der Waals surface area contributed by atoms with Gasteiger partial charge in [0.15, 0.2) is 0 Å². The molecule has 4 rings (SSSR count). The van der Waals surface area contributed by atoms with Crippen LogP contribution in [0.1, 0.15) is 6.42 Å². The van der Waals surface area contributed by atoms with Crippen LogP contribution in [0.15, 0.2) is 36.5 Å². The molecular weight excluding hydrogens is 160 g/mol. The van der Waals surface area contributed by atoms with Crippen LogP contribution in [0.4, 0.5) is 0 Å². The second-order valence-electron chi connectivity index (χ2n) is 4.32. The molecule has 0 fully saturated rings. The van der Waals surface area contributed by atoms with E-state index in [1.807, 2.05) is 6.08 Å². The van der Waals surface area contributed by atoms with E-state index in [9.17, 15) is 5.11 Å². The van der Waals surface area contributed by atoms with Crippen LogP contribution < -0.4 is 0 Å². The van der Waals surface area contributed by atoms with Gasteiger partial charge in [-0.15, -0.1) is 0 Å². The first kappa shape index (κ1) is 7.57. The van der Waals surface area contributed by atoms with Crippen LogP contribution in [0.5, 0.6) is 0 Å². The Morgan fingerprint density at radius 2 is 1.77 bits per heavy atom. The predicted octanol–water partition coefficient (Wildman–Crippen LogP) is 1.91. The van der Waals surface area contributed by atoms with Crippen LogP contribution in [-0.2, 0) is 0 Å². The standard InChI is InChI=1S/C12H14O/c13-12-7-5-8-4-6-11(12)10-3-1-2-9(8)10/h1,3-13H,2H2. The summed E-state index contributed by atoms with van der Waals surface area (Å²) in [5.41, 5.74) is 0. The SMILES string of the molecule is OC1C=CC2C=CC1C1C=CCC21. The molecule has 68 valence electrons. The molecule has 1 N–H and O–H groups in total. The first-order chi connectivity index (χ1) is 6.36. The minimum Gasteiger partial charge on any atom is -0.388 e. The fraction of sp³-hybridized carbons (Fsp3) is 0.500. The lowest BCUT2D eigenvalue weighted by Gasteiger charge is -2.32. The first-order valence-electron chi connectivity index (χ1n) is 5.07. The Labute approximate surface area is 78.5 Å². The highest BCUT2D eigenvalue weighted by atomic mass is 16.3. The molecule has 1 heteroatoms. The van der Waals surface area contributed by atoms with Crippen LogP contribution in [0.25, 0.3) is 0 Å². The summed E-state index contributed by atoms with van der Waals surface area (Å²) in [4.78, 5) is 0. The number of allylic oxidation sites excluding steroid dienone is 4. The van der Waals surface area contributed by atoms with Crippen molar-refractivity contribution < 1.29 is 5.11 Å². The summed E-state index contributed by atoms with van der Waals surface area (Å²) in [6, 6.07) is 0. The van der Waals surface area contributed by atoms with Crippen molar-refractivity contribution in [1.29, 1.82) is 0 Å². The van der Waals surface area contributed by atoms with Crippen molar-refractivity contribution in [2.75, 3.05) is 0 Å². The van der Waals surface area contributed by atoms with Gasteiger partial charge in [0.25, 0.3) is 0 Å². The third-order valence-electron chi connectivity index (χ3n) is 3.68. The van der Waals surface area contributed by atoms with Gasteiger partial charge in [0.2, 0.25) is 0 Å². The van der Waals surface area contributed by atoms with Crippen LogP contribution >= 0.6 is 0 Å². The van der Waals surface area contributed by atoms with Crippen molar-refractivity contribution in [3.8, 4) is 0 Å². The minimum atomic E-state index is -0.265. The van der Waals surface area contributed by atoms with Crippen molar-refractivity contribution in [2.45, 2.75) is 12.5 Å². The quantitative estimate of drug-likeness (QED) is 0.556. The summed E-state index contributed by atoms with van der Waals surface area (Å²) in [7, 11) is 0. The molecular formula is C12H14O. The maximum atomic E-state index is 9.85. The van der Waals surface area contributed by atoms with E-state index >= 15 is 0 Å². The maximum absolute atomic E-state index is 9.85. The van der Waals surface area contributed by atoms with Crippen molar-refractivity contribution in [3.63, 3.8) is 0 Å². The Balaban J connectivity index is 2.05. The molecule has 13 heavy (non-hydrogen) atoms. The Morgan fingerprint density at radius 1 is 0.923 bits per heavy atom. The van der Waals surface area contributed by atoms with Gasteiger partial charge in [-0.25, -0.2) is 0 Å². The summed E-state index contributed by atoms with van der Waals surface area (Å²) >= 11 is 0. The third kappa shape index (κ3) is 0.969. The maximum Gasteiger partial charge on any atom is 0.0789 e. The highest BCUT2D eigenvalue weighted by Crippen LogP contribution is 2.45. The predicted molar refractivity (Wildman–Crippen MR) is 52.0 cm³/mol. The zero-order chi connectivity index (χ0) is 8.84. The van der Waals surface area contributed by atoms with Gasteiger partial charge >= 0.3 is 0 Å². The first-order valence-corrected chi connectivity index (χ1v) is 5.07. The summed E-state index contributed by atoms with van der Waals surface area (Å²) in [5.74, 6) is 2.20. The second-order valence-corrected chi connectivity index (χ2v) is 4.32. The minimum absolute atomic E-state index is 0.265. The highest BCUT2D eigenvalue weighted by molar-refractivity contribution is 5.25. The van der Waals surface area contributed by atoms with Gasteiger partial charge in [-0.05, 0) is 24.2 Å². The normalized spacial score (nSPS) is 51.0. The third-order valence-corrected chi connectivity index (χ3v) is 3.68. The van der Waals surface area contributed by atoms with Gasteiger partial charge in [0, 0.05) is 5.92 Å². The number of rotatable bonds is 0. The molecule has 5 atom stereocenters. The van der Waals surface area contributed by atoms with Gasteiger partial charge in [-0.2, -0.15) is 0 Å². The van der Waals surface area contributed by atoms with E-state index in [2.05, 4.69) is 30.4 Å². The number of aliphatic hydroxyl groups excluding tert-OH is 1. The Morgan fingerprint density at radius 3 is 2.69 bits per heavy atom. The molecule has 2 bridgehead atoms. The molecule has 0 aromatic carbocycles. The molecule has 0 amide bonds. The van der Waals surface area contributed by atoms with E-state index < -0.39 is 0 Å². The van der Waals surface area contributed by atoms with Gasteiger partial charge in [0.1, 0.15) is 0 Å². The largest absolute Gasteiger partial charge is 0.388 e. The molecule has 4 aliphatic rings. The Hall–Kier alpha value is -0.820. The smallest absolute Gasteiger partial charge is 0.0789 e. The van der Waals surface area contributed by atoms with Gasteiger partial charge in [0.05, 0.1) is 6.10 Å². The monoisotopic (exact) mass is 174 g/mol. The van der Waals surface area contributed by atoms with Crippen molar-refractivity contribution >= 4 is 0 Å². The van der Waals surface area contributed by atoms with E-state index in [1.165, 1.54) is 6.42 Å².